The number of piperazine rings is 1. The first-order chi connectivity index (χ1) is 14.0. The molecule has 1 aliphatic heterocycles. The highest BCUT2D eigenvalue weighted by Gasteiger charge is 2.29. The van der Waals surface area contributed by atoms with E-state index in [2.05, 4.69) is 29.5 Å². The second-order valence-electron chi connectivity index (χ2n) is 7.38. The van der Waals surface area contributed by atoms with Crippen molar-refractivity contribution in [3.8, 4) is 0 Å². The van der Waals surface area contributed by atoms with Crippen molar-refractivity contribution in [2.75, 3.05) is 38.7 Å². The highest BCUT2D eigenvalue weighted by atomic mass is 32.2. The van der Waals surface area contributed by atoms with Gasteiger partial charge in [-0.25, -0.2) is 13.4 Å². The lowest BCUT2D eigenvalue weighted by Gasteiger charge is -2.29. The second-order valence-corrected chi connectivity index (χ2v) is 9.32. The number of aromatic nitrogens is 1. The largest absolute Gasteiger partial charge is 0.335 e. The molecule has 0 unspecified atom stereocenters. The third-order valence-electron chi connectivity index (χ3n) is 5.13. The highest BCUT2D eigenvalue weighted by molar-refractivity contribution is 7.89. The summed E-state index contributed by atoms with van der Waals surface area (Å²) in [6.45, 7) is 4.87. The molecule has 7 nitrogen and oxygen atoms in total. The second kappa shape index (κ2) is 9.96. The lowest BCUT2D eigenvalue weighted by molar-refractivity contribution is -0.883. The Balaban J connectivity index is 1.71. The SMILES string of the molecule is CCCC/C(=N/Nc1ccc(S(=O)(=O)N2CC[NH+](C)CC2)cn1)c1ccccc1. The van der Waals surface area contributed by atoms with Gasteiger partial charge in [0, 0.05) is 6.20 Å². The number of benzene rings is 1. The molecule has 0 saturated carbocycles. The molecule has 2 heterocycles. The summed E-state index contributed by atoms with van der Waals surface area (Å²) in [6.07, 6.45) is 4.41. The number of unbranched alkanes of at least 4 members (excludes halogenated alkanes) is 1. The minimum atomic E-state index is -3.49. The molecule has 0 spiro atoms. The summed E-state index contributed by atoms with van der Waals surface area (Å²) in [7, 11) is -1.41. The van der Waals surface area contributed by atoms with E-state index in [9.17, 15) is 8.42 Å². The van der Waals surface area contributed by atoms with Gasteiger partial charge in [-0.15, -0.1) is 0 Å². The third kappa shape index (κ3) is 5.62. The van der Waals surface area contributed by atoms with Crippen LogP contribution in [0.2, 0.25) is 0 Å². The van der Waals surface area contributed by atoms with Crippen LogP contribution in [0.5, 0.6) is 0 Å². The van der Waals surface area contributed by atoms with Crippen molar-refractivity contribution < 1.29 is 13.3 Å². The van der Waals surface area contributed by atoms with Gasteiger partial charge in [0.1, 0.15) is 10.7 Å². The zero-order valence-corrected chi connectivity index (χ0v) is 18.0. The Bertz CT molecular complexity index is 906. The van der Waals surface area contributed by atoms with Crippen molar-refractivity contribution in [1.82, 2.24) is 9.29 Å². The summed E-state index contributed by atoms with van der Waals surface area (Å²) >= 11 is 0. The molecule has 156 valence electrons. The number of pyridine rings is 1. The molecule has 1 aromatic carbocycles. The summed E-state index contributed by atoms with van der Waals surface area (Å²) < 4.78 is 27.1. The van der Waals surface area contributed by atoms with Crippen LogP contribution in [0.25, 0.3) is 0 Å². The van der Waals surface area contributed by atoms with E-state index in [1.165, 1.54) is 11.1 Å². The van der Waals surface area contributed by atoms with Crippen molar-refractivity contribution in [3.63, 3.8) is 0 Å². The molecular formula is C21H30N5O2S+. The normalized spacial score (nSPS) is 16.7. The van der Waals surface area contributed by atoms with Gasteiger partial charge in [0.25, 0.3) is 0 Å². The van der Waals surface area contributed by atoms with Crippen LogP contribution in [-0.4, -0.2) is 56.6 Å². The smallest absolute Gasteiger partial charge is 0.245 e. The van der Waals surface area contributed by atoms with Crippen LogP contribution >= 0.6 is 0 Å². The summed E-state index contributed by atoms with van der Waals surface area (Å²) in [5.41, 5.74) is 5.02. The van der Waals surface area contributed by atoms with Crippen molar-refractivity contribution in [3.05, 3.63) is 54.2 Å². The minimum Gasteiger partial charge on any atom is -0.335 e. The molecule has 3 rings (SSSR count). The Morgan fingerprint density at radius 2 is 1.90 bits per heavy atom. The van der Waals surface area contributed by atoms with E-state index in [-0.39, 0.29) is 4.90 Å². The molecule has 2 aromatic rings. The van der Waals surface area contributed by atoms with Gasteiger partial charge in [-0.3, -0.25) is 5.43 Å². The van der Waals surface area contributed by atoms with Gasteiger partial charge >= 0.3 is 0 Å². The Kier molecular flexibility index (Phi) is 7.35. The average Bonchev–Trinajstić information content (AvgIpc) is 2.75. The van der Waals surface area contributed by atoms with Gasteiger partial charge in [-0.2, -0.15) is 9.41 Å². The summed E-state index contributed by atoms with van der Waals surface area (Å²) in [5, 5.41) is 4.53. The predicted octanol–water partition coefficient (Wildman–Crippen LogP) is 1.61. The maximum absolute atomic E-state index is 12.8. The minimum absolute atomic E-state index is 0.223. The number of anilines is 1. The molecule has 1 saturated heterocycles. The monoisotopic (exact) mass is 416 g/mol. The zero-order valence-electron chi connectivity index (χ0n) is 17.1. The first-order valence-corrected chi connectivity index (χ1v) is 11.6. The summed E-state index contributed by atoms with van der Waals surface area (Å²) in [6, 6.07) is 13.3. The molecule has 2 N–H and O–H groups in total. The van der Waals surface area contributed by atoms with Crippen molar-refractivity contribution >= 4 is 21.6 Å². The number of nitrogens with one attached hydrogen (secondary N) is 2. The Morgan fingerprint density at radius 1 is 1.17 bits per heavy atom. The van der Waals surface area contributed by atoms with E-state index in [4.69, 9.17) is 0 Å². The van der Waals surface area contributed by atoms with Crippen molar-refractivity contribution in [2.45, 2.75) is 31.1 Å². The number of hydrazone groups is 1. The van der Waals surface area contributed by atoms with Crippen molar-refractivity contribution in [2.24, 2.45) is 5.10 Å². The van der Waals surface area contributed by atoms with Crippen LogP contribution in [-0.2, 0) is 10.0 Å². The molecule has 0 atom stereocenters. The van der Waals surface area contributed by atoms with Crippen LogP contribution in [0.1, 0.15) is 31.7 Å². The first-order valence-electron chi connectivity index (χ1n) is 10.2. The molecule has 1 fully saturated rings. The third-order valence-corrected chi connectivity index (χ3v) is 7.01. The number of likely N-dealkylation sites (N-methyl/N-ethyl adjacent to an activating group) is 1. The molecule has 1 aromatic heterocycles. The first kappa shape index (κ1) is 21.4. The van der Waals surface area contributed by atoms with Gasteiger partial charge < -0.3 is 4.90 Å². The van der Waals surface area contributed by atoms with E-state index in [0.717, 1.165) is 43.6 Å². The maximum atomic E-state index is 12.8. The number of nitrogens with zero attached hydrogens (tertiary/aromatic N) is 3. The molecule has 0 aliphatic carbocycles. The lowest BCUT2D eigenvalue weighted by atomic mass is 10.1. The number of quaternary nitrogens is 1. The molecule has 0 amide bonds. The van der Waals surface area contributed by atoms with Gasteiger partial charge in [0.15, 0.2) is 0 Å². The van der Waals surface area contributed by atoms with Crippen LogP contribution in [0.15, 0.2) is 58.7 Å². The number of hydrogen-bond donors (Lipinski definition) is 2. The fourth-order valence-electron chi connectivity index (χ4n) is 3.22. The van der Waals surface area contributed by atoms with E-state index >= 15 is 0 Å². The van der Waals surface area contributed by atoms with E-state index < -0.39 is 10.0 Å². The van der Waals surface area contributed by atoms with Crippen LogP contribution in [0.3, 0.4) is 0 Å². The summed E-state index contributed by atoms with van der Waals surface area (Å²) in [4.78, 5) is 5.85. The average molecular weight is 417 g/mol. The Morgan fingerprint density at radius 3 is 2.52 bits per heavy atom. The van der Waals surface area contributed by atoms with E-state index in [1.54, 1.807) is 16.4 Å². The molecule has 8 heteroatoms. The van der Waals surface area contributed by atoms with E-state index in [0.29, 0.717) is 18.9 Å². The topological polar surface area (TPSA) is 79.1 Å². The molecular weight excluding hydrogens is 386 g/mol. The van der Waals surface area contributed by atoms with Crippen LogP contribution in [0, 0.1) is 0 Å². The van der Waals surface area contributed by atoms with Gasteiger partial charge in [-0.05, 0) is 30.5 Å². The van der Waals surface area contributed by atoms with Gasteiger partial charge in [0.05, 0.1) is 38.9 Å². The Labute approximate surface area is 173 Å². The maximum Gasteiger partial charge on any atom is 0.245 e. The van der Waals surface area contributed by atoms with Crippen LogP contribution < -0.4 is 10.3 Å². The standard InChI is InChI=1S/C21H29N5O2S/c1-3-4-10-20(18-8-6-5-7-9-18)23-24-21-12-11-19(17-22-21)29(27,28)26-15-13-25(2)14-16-26/h5-9,11-12,17H,3-4,10,13-16H2,1-2H3,(H,22,24)/p+1/b23-20-. The molecule has 1 aliphatic rings. The number of rotatable bonds is 8. The molecule has 29 heavy (non-hydrogen) atoms. The van der Waals surface area contributed by atoms with Gasteiger partial charge in [0.2, 0.25) is 10.0 Å². The number of hydrogen-bond acceptors (Lipinski definition) is 5. The fourth-order valence-corrected chi connectivity index (χ4v) is 4.61. The summed E-state index contributed by atoms with van der Waals surface area (Å²) in [5.74, 6) is 0.525. The van der Waals surface area contributed by atoms with E-state index in [1.807, 2.05) is 30.3 Å². The number of sulfonamides is 1. The van der Waals surface area contributed by atoms with Crippen LogP contribution in [0.4, 0.5) is 5.82 Å². The molecule has 0 bridgehead atoms. The van der Waals surface area contributed by atoms with Gasteiger partial charge in [-0.1, -0.05) is 43.7 Å². The fraction of sp³-hybridized carbons (Fsp3) is 0.429. The Hall–Kier alpha value is -2.29. The quantitative estimate of drug-likeness (QED) is 0.506. The lowest BCUT2D eigenvalue weighted by Crippen LogP contribution is -3.12. The zero-order chi connectivity index (χ0) is 20.7. The van der Waals surface area contributed by atoms with Crippen molar-refractivity contribution in [1.29, 1.82) is 0 Å². The molecule has 0 radical (unpaired) electrons. The predicted molar refractivity (Wildman–Crippen MR) is 116 cm³/mol. The highest BCUT2D eigenvalue weighted by Crippen LogP contribution is 2.17.